The van der Waals surface area contributed by atoms with Crippen molar-refractivity contribution in [1.82, 2.24) is 15.1 Å². The number of morpholine rings is 1. The highest BCUT2D eigenvalue weighted by Gasteiger charge is 2.29. The number of ether oxygens (including phenoxy) is 1. The monoisotopic (exact) mass is 323 g/mol. The van der Waals surface area contributed by atoms with Crippen LogP contribution in [0, 0.1) is 0 Å². The van der Waals surface area contributed by atoms with Crippen molar-refractivity contribution in [3.05, 3.63) is 0 Å². The molecule has 5 heteroatoms. The number of carbonyl (C=O) groups is 1. The third-order valence-electron chi connectivity index (χ3n) is 5.64. The molecule has 0 radical (unpaired) electrons. The van der Waals surface area contributed by atoms with Crippen molar-refractivity contribution in [2.75, 3.05) is 39.4 Å². The summed E-state index contributed by atoms with van der Waals surface area (Å²) in [6.45, 7) is 5.63. The van der Waals surface area contributed by atoms with Gasteiger partial charge < -0.3 is 15.0 Å². The smallest absolute Gasteiger partial charge is 0.317 e. The predicted octanol–water partition coefficient (Wildman–Crippen LogP) is 2.61. The Morgan fingerprint density at radius 3 is 2.39 bits per heavy atom. The molecule has 1 aliphatic carbocycles. The summed E-state index contributed by atoms with van der Waals surface area (Å²) in [4.78, 5) is 17.5. The van der Waals surface area contributed by atoms with Gasteiger partial charge in [0.25, 0.3) is 0 Å². The molecule has 0 spiro atoms. The van der Waals surface area contributed by atoms with E-state index in [1.165, 1.54) is 32.1 Å². The van der Waals surface area contributed by atoms with Gasteiger partial charge in [-0.15, -0.1) is 0 Å². The minimum atomic E-state index is 0.192. The molecule has 1 saturated carbocycles. The summed E-state index contributed by atoms with van der Waals surface area (Å²) in [6, 6.07) is 0.972. The minimum absolute atomic E-state index is 0.192. The van der Waals surface area contributed by atoms with Crippen LogP contribution in [0.4, 0.5) is 4.79 Å². The second-order valence-corrected chi connectivity index (χ2v) is 7.39. The van der Waals surface area contributed by atoms with E-state index in [1.807, 2.05) is 0 Å². The van der Waals surface area contributed by atoms with Crippen LogP contribution in [0.3, 0.4) is 0 Å². The number of urea groups is 1. The van der Waals surface area contributed by atoms with Crippen molar-refractivity contribution in [1.29, 1.82) is 0 Å². The zero-order chi connectivity index (χ0) is 15.9. The third-order valence-corrected chi connectivity index (χ3v) is 5.64. The molecule has 23 heavy (non-hydrogen) atoms. The zero-order valence-electron chi connectivity index (χ0n) is 14.5. The van der Waals surface area contributed by atoms with E-state index in [-0.39, 0.29) is 6.03 Å². The van der Waals surface area contributed by atoms with Crippen LogP contribution in [0.2, 0.25) is 0 Å². The van der Waals surface area contributed by atoms with Gasteiger partial charge in [0, 0.05) is 38.3 Å². The first-order valence-corrected chi connectivity index (χ1v) is 9.70. The maximum atomic E-state index is 12.8. The van der Waals surface area contributed by atoms with E-state index >= 15 is 0 Å². The SMILES string of the molecule is O=C(NC1CCCCC1)N1CCCCC[C@@H]1CN1CCOCC1. The molecule has 1 N–H and O–H groups in total. The van der Waals surface area contributed by atoms with Crippen molar-refractivity contribution in [3.63, 3.8) is 0 Å². The van der Waals surface area contributed by atoms with Gasteiger partial charge in [-0.25, -0.2) is 4.79 Å². The van der Waals surface area contributed by atoms with E-state index in [0.717, 1.165) is 65.1 Å². The largest absolute Gasteiger partial charge is 0.379 e. The number of hydrogen-bond donors (Lipinski definition) is 1. The Balaban J connectivity index is 1.56. The van der Waals surface area contributed by atoms with Crippen molar-refractivity contribution in [2.24, 2.45) is 0 Å². The fraction of sp³-hybridized carbons (Fsp3) is 0.944. The standard InChI is InChI=1S/C18H33N3O2/c22-18(19-16-7-3-1-4-8-16)21-10-6-2-5-9-17(21)15-20-11-13-23-14-12-20/h16-17H,1-15H2,(H,19,22)/t17-/m1/s1. The van der Waals surface area contributed by atoms with Crippen molar-refractivity contribution in [2.45, 2.75) is 69.9 Å². The molecule has 2 aliphatic heterocycles. The van der Waals surface area contributed by atoms with Crippen molar-refractivity contribution in [3.8, 4) is 0 Å². The van der Waals surface area contributed by atoms with Gasteiger partial charge in [-0.2, -0.15) is 0 Å². The average molecular weight is 323 g/mol. The molecule has 2 heterocycles. The molecule has 2 amide bonds. The molecule has 3 aliphatic rings. The van der Waals surface area contributed by atoms with Gasteiger partial charge >= 0.3 is 6.03 Å². The maximum absolute atomic E-state index is 12.8. The van der Waals surface area contributed by atoms with Crippen LogP contribution < -0.4 is 5.32 Å². The lowest BCUT2D eigenvalue weighted by molar-refractivity contribution is 0.0259. The lowest BCUT2D eigenvalue weighted by Crippen LogP contribution is -2.53. The maximum Gasteiger partial charge on any atom is 0.317 e. The number of rotatable bonds is 3. The number of amides is 2. The van der Waals surface area contributed by atoms with E-state index in [2.05, 4.69) is 15.1 Å². The van der Waals surface area contributed by atoms with Gasteiger partial charge in [0.05, 0.1) is 13.2 Å². The van der Waals surface area contributed by atoms with Crippen LogP contribution in [0.1, 0.15) is 57.8 Å². The van der Waals surface area contributed by atoms with Crippen molar-refractivity contribution >= 4 is 6.03 Å². The molecule has 0 aromatic heterocycles. The Morgan fingerprint density at radius 2 is 1.61 bits per heavy atom. The minimum Gasteiger partial charge on any atom is -0.379 e. The molecule has 3 rings (SSSR count). The summed E-state index contributed by atoms with van der Waals surface area (Å²) in [5.41, 5.74) is 0. The van der Waals surface area contributed by atoms with Crippen LogP contribution in [0.5, 0.6) is 0 Å². The molecule has 3 fully saturated rings. The Bertz CT molecular complexity index is 365. The predicted molar refractivity (Wildman–Crippen MR) is 91.6 cm³/mol. The molecule has 1 atom stereocenters. The Kier molecular flexibility index (Phi) is 6.57. The van der Waals surface area contributed by atoms with Crippen LogP contribution in [0.15, 0.2) is 0 Å². The summed E-state index contributed by atoms with van der Waals surface area (Å²) in [7, 11) is 0. The van der Waals surface area contributed by atoms with E-state index in [1.54, 1.807) is 0 Å². The number of nitrogens with one attached hydrogen (secondary N) is 1. The highest BCUT2D eigenvalue weighted by Crippen LogP contribution is 2.21. The summed E-state index contributed by atoms with van der Waals surface area (Å²) in [5, 5.41) is 3.33. The van der Waals surface area contributed by atoms with Crippen LogP contribution in [0.25, 0.3) is 0 Å². The quantitative estimate of drug-likeness (QED) is 0.868. The summed E-state index contributed by atoms with van der Waals surface area (Å²) >= 11 is 0. The lowest BCUT2D eigenvalue weighted by Gasteiger charge is -2.37. The molecule has 0 aromatic carbocycles. The first kappa shape index (κ1) is 17.0. The normalized spacial score (nSPS) is 28.3. The molecule has 0 unspecified atom stereocenters. The molecule has 2 saturated heterocycles. The fourth-order valence-corrected chi connectivity index (χ4v) is 4.22. The summed E-state index contributed by atoms with van der Waals surface area (Å²) in [6.07, 6.45) is 11.0. The van der Waals surface area contributed by atoms with Gasteiger partial charge in [0.15, 0.2) is 0 Å². The van der Waals surface area contributed by atoms with Gasteiger partial charge in [0.1, 0.15) is 0 Å². The second-order valence-electron chi connectivity index (χ2n) is 7.39. The molecule has 0 bridgehead atoms. The second kappa shape index (κ2) is 8.88. The molecule has 5 nitrogen and oxygen atoms in total. The first-order valence-electron chi connectivity index (χ1n) is 9.70. The van der Waals surface area contributed by atoms with E-state index < -0.39 is 0 Å². The molecule has 0 aromatic rings. The Morgan fingerprint density at radius 1 is 0.913 bits per heavy atom. The van der Waals surface area contributed by atoms with Gasteiger partial charge in [-0.1, -0.05) is 32.1 Å². The Hall–Kier alpha value is -0.810. The van der Waals surface area contributed by atoms with Gasteiger partial charge in [0.2, 0.25) is 0 Å². The van der Waals surface area contributed by atoms with E-state index in [4.69, 9.17) is 4.74 Å². The van der Waals surface area contributed by atoms with Gasteiger partial charge in [-0.05, 0) is 25.7 Å². The molecule has 132 valence electrons. The number of likely N-dealkylation sites (tertiary alicyclic amines) is 1. The topological polar surface area (TPSA) is 44.8 Å². The first-order chi connectivity index (χ1) is 11.3. The number of hydrogen-bond acceptors (Lipinski definition) is 3. The highest BCUT2D eigenvalue weighted by molar-refractivity contribution is 5.75. The average Bonchev–Trinajstić information content (AvgIpc) is 2.82. The summed E-state index contributed by atoms with van der Waals surface area (Å²) < 4.78 is 5.45. The van der Waals surface area contributed by atoms with E-state index in [9.17, 15) is 4.79 Å². The Labute approximate surface area is 140 Å². The zero-order valence-corrected chi connectivity index (χ0v) is 14.5. The van der Waals surface area contributed by atoms with E-state index in [0.29, 0.717) is 12.1 Å². The highest BCUT2D eigenvalue weighted by atomic mass is 16.5. The fourth-order valence-electron chi connectivity index (χ4n) is 4.22. The van der Waals surface area contributed by atoms with Crippen molar-refractivity contribution < 1.29 is 9.53 Å². The lowest BCUT2D eigenvalue weighted by atomic mass is 9.96. The van der Waals surface area contributed by atoms with Crippen LogP contribution in [-0.4, -0.2) is 67.3 Å². The third kappa shape index (κ3) is 5.08. The van der Waals surface area contributed by atoms with Crippen LogP contribution >= 0.6 is 0 Å². The molecular formula is C18H33N3O2. The number of nitrogens with zero attached hydrogens (tertiary/aromatic N) is 2. The summed E-state index contributed by atoms with van der Waals surface area (Å²) in [5.74, 6) is 0. The molecular weight excluding hydrogens is 290 g/mol. The van der Waals surface area contributed by atoms with Gasteiger partial charge in [-0.3, -0.25) is 4.90 Å². The van der Waals surface area contributed by atoms with Crippen LogP contribution in [-0.2, 0) is 4.74 Å². The number of carbonyl (C=O) groups excluding carboxylic acids is 1.